The van der Waals surface area contributed by atoms with Crippen LogP contribution in [0.1, 0.15) is 19.3 Å². The van der Waals surface area contributed by atoms with E-state index in [2.05, 4.69) is 4.90 Å². The normalized spacial score (nSPS) is 36.8. The maximum absolute atomic E-state index is 5.07. The Bertz CT molecular complexity index is 138. The van der Waals surface area contributed by atoms with Crippen molar-refractivity contribution in [2.75, 3.05) is 26.8 Å². The Labute approximate surface area is 68.5 Å². The van der Waals surface area contributed by atoms with Gasteiger partial charge in [-0.1, -0.05) is 0 Å². The summed E-state index contributed by atoms with van der Waals surface area (Å²) in [5, 5.41) is 0. The highest BCUT2D eigenvalue weighted by atomic mass is 16.5. The summed E-state index contributed by atoms with van der Waals surface area (Å²) >= 11 is 0. The standard InChI is InChI=1S/C9H17NO/c1-11-6-5-10-4-2-3-8-7-9(8)10/h8-9H,2-7H2,1H3/t8-,9+/m1/s1. The first-order chi connectivity index (χ1) is 5.42. The van der Waals surface area contributed by atoms with Gasteiger partial charge in [0.25, 0.3) is 0 Å². The molecule has 0 bridgehead atoms. The van der Waals surface area contributed by atoms with Crippen molar-refractivity contribution < 1.29 is 4.74 Å². The van der Waals surface area contributed by atoms with Crippen molar-refractivity contribution >= 4 is 0 Å². The molecule has 0 aromatic rings. The fourth-order valence-corrected chi connectivity index (χ4v) is 2.20. The molecule has 0 aromatic carbocycles. The van der Waals surface area contributed by atoms with Crippen LogP contribution in [0, 0.1) is 5.92 Å². The highest BCUT2D eigenvalue weighted by Crippen LogP contribution is 2.42. The molecule has 1 aliphatic heterocycles. The number of hydrogen-bond donors (Lipinski definition) is 0. The average Bonchev–Trinajstić information content (AvgIpc) is 2.79. The first-order valence-corrected chi connectivity index (χ1v) is 4.65. The quantitative estimate of drug-likeness (QED) is 0.605. The second-order valence-corrected chi connectivity index (χ2v) is 3.73. The Morgan fingerprint density at radius 3 is 3.27 bits per heavy atom. The maximum atomic E-state index is 5.07. The minimum absolute atomic E-state index is 0.906. The van der Waals surface area contributed by atoms with E-state index in [9.17, 15) is 0 Å². The highest BCUT2D eigenvalue weighted by molar-refractivity contribution is 4.97. The van der Waals surface area contributed by atoms with Gasteiger partial charge in [0.05, 0.1) is 6.61 Å². The number of piperidine rings is 1. The van der Waals surface area contributed by atoms with Gasteiger partial charge in [0.15, 0.2) is 0 Å². The molecular formula is C9H17NO. The molecule has 0 N–H and O–H groups in total. The molecule has 0 radical (unpaired) electrons. The van der Waals surface area contributed by atoms with Crippen molar-refractivity contribution in [2.24, 2.45) is 5.92 Å². The van der Waals surface area contributed by atoms with Gasteiger partial charge in [0.2, 0.25) is 0 Å². The molecule has 11 heavy (non-hydrogen) atoms. The van der Waals surface area contributed by atoms with Crippen molar-refractivity contribution in [3.63, 3.8) is 0 Å². The molecule has 2 atom stereocenters. The molecule has 0 amide bonds. The van der Waals surface area contributed by atoms with Crippen LogP contribution in [-0.4, -0.2) is 37.7 Å². The van der Waals surface area contributed by atoms with Crippen molar-refractivity contribution in [2.45, 2.75) is 25.3 Å². The lowest BCUT2D eigenvalue weighted by Gasteiger charge is -2.25. The second-order valence-electron chi connectivity index (χ2n) is 3.73. The third kappa shape index (κ3) is 1.57. The zero-order chi connectivity index (χ0) is 7.68. The van der Waals surface area contributed by atoms with Crippen LogP contribution in [0.2, 0.25) is 0 Å². The Morgan fingerprint density at radius 1 is 1.55 bits per heavy atom. The topological polar surface area (TPSA) is 12.5 Å². The van der Waals surface area contributed by atoms with Gasteiger partial charge in [0, 0.05) is 19.7 Å². The van der Waals surface area contributed by atoms with Gasteiger partial charge in [-0.25, -0.2) is 0 Å². The first kappa shape index (κ1) is 7.56. The third-order valence-electron chi connectivity index (χ3n) is 2.96. The molecule has 1 saturated carbocycles. The number of rotatable bonds is 3. The lowest BCUT2D eigenvalue weighted by Crippen LogP contribution is -2.34. The third-order valence-corrected chi connectivity index (χ3v) is 2.96. The minimum atomic E-state index is 0.906. The average molecular weight is 155 g/mol. The first-order valence-electron chi connectivity index (χ1n) is 4.65. The van der Waals surface area contributed by atoms with Gasteiger partial charge in [-0.15, -0.1) is 0 Å². The second kappa shape index (κ2) is 3.11. The van der Waals surface area contributed by atoms with Gasteiger partial charge < -0.3 is 4.74 Å². The Morgan fingerprint density at radius 2 is 2.45 bits per heavy atom. The number of hydrogen-bond acceptors (Lipinski definition) is 2. The highest BCUT2D eigenvalue weighted by Gasteiger charge is 2.43. The van der Waals surface area contributed by atoms with Gasteiger partial charge >= 0.3 is 0 Å². The number of nitrogens with zero attached hydrogens (tertiary/aromatic N) is 1. The summed E-state index contributed by atoms with van der Waals surface area (Å²) in [6.07, 6.45) is 4.35. The van der Waals surface area contributed by atoms with E-state index < -0.39 is 0 Å². The van der Waals surface area contributed by atoms with E-state index in [4.69, 9.17) is 4.74 Å². The van der Waals surface area contributed by atoms with Crippen LogP contribution in [-0.2, 0) is 4.74 Å². The molecule has 1 aliphatic carbocycles. The Kier molecular flexibility index (Phi) is 2.14. The van der Waals surface area contributed by atoms with Crippen LogP contribution in [0.4, 0.5) is 0 Å². The summed E-state index contributed by atoms with van der Waals surface area (Å²) in [7, 11) is 1.79. The zero-order valence-corrected chi connectivity index (χ0v) is 7.25. The largest absolute Gasteiger partial charge is 0.383 e. The van der Waals surface area contributed by atoms with E-state index in [-0.39, 0.29) is 0 Å². The molecule has 1 saturated heterocycles. The molecule has 0 aromatic heterocycles. The van der Waals surface area contributed by atoms with Crippen LogP contribution in [0.5, 0.6) is 0 Å². The van der Waals surface area contributed by atoms with Crippen molar-refractivity contribution in [3.8, 4) is 0 Å². The summed E-state index contributed by atoms with van der Waals surface area (Å²) in [6.45, 7) is 3.37. The summed E-state index contributed by atoms with van der Waals surface area (Å²) in [5.74, 6) is 1.06. The minimum Gasteiger partial charge on any atom is -0.383 e. The smallest absolute Gasteiger partial charge is 0.0589 e. The number of ether oxygens (including phenoxy) is 1. The van der Waals surface area contributed by atoms with E-state index in [0.717, 1.165) is 25.1 Å². The maximum Gasteiger partial charge on any atom is 0.0589 e. The van der Waals surface area contributed by atoms with E-state index in [1.54, 1.807) is 7.11 Å². The van der Waals surface area contributed by atoms with Gasteiger partial charge in [-0.05, 0) is 31.7 Å². The van der Waals surface area contributed by atoms with Crippen LogP contribution >= 0.6 is 0 Å². The molecule has 64 valence electrons. The van der Waals surface area contributed by atoms with Crippen molar-refractivity contribution in [3.05, 3.63) is 0 Å². The molecular weight excluding hydrogens is 138 g/mol. The predicted octanol–water partition coefficient (Wildman–Crippen LogP) is 1.12. The lowest BCUT2D eigenvalue weighted by atomic mass is 10.1. The fourth-order valence-electron chi connectivity index (χ4n) is 2.20. The molecule has 0 spiro atoms. The molecule has 0 unspecified atom stereocenters. The van der Waals surface area contributed by atoms with Crippen LogP contribution < -0.4 is 0 Å². The fraction of sp³-hybridized carbons (Fsp3) is 1.00. The number of methoxy groups -OCH3 is 1. The van der Waals surface area contributed by atoms with Gasteiger partial charge in [0.1, 0.15) is 0 Å². The summed E-state index contributed by atoms with van der Waals surface area (Å²) in [4.78, 5) is 2.59. The van der Waals surface area contributed by atoms with Crippen LogP contribution in [0.15, 0.2) is 0 Å². The van der Waals surface area contributed by atoms with Crippen molar-refractivity contribution in [1.82, 2.24) is 4.90 Å². The van der Waals surface area contributed by atoms with E-state index in [0.29, 0.717) is 0 Å². The zero-order valence-electron chi connectivity index (χ0n) is 7.25. The molecule has 2 nitrogen and oxygen atoms in total. The Balaban J connectivity index is 1.75. The monoisotopic (exact) mass is 155 g/mol. The molecule has 2 fully saturated rings. The van der Waals surface area contributed by atoms with Gasteiger partial charge in [-0.3, -0.25) is 4.90 Å². The molecule has 2 aliphatic rings. The van der Waals surface area contributed by atoms with Crippen LogP contribution in [0.3, 0.4) is 0 Å². The number of likely N-dealkylation sites (tertiary alicyclic amines) is 1. The van der Waals surface area contributed by atoms with Crippen molar-refractivity contribution in [1.29, 1.82) is 0 Å². The summed E-state index contributed by atoms with van der Waals surface area (Å²) in [5.41, 5.74) is 0. The molecule has 2 heteroatoms. The predicted molar refractivity (Wildman–Crippen MR) is 44.6 cm³/mol. The SMILES string of the molecule is COCCN1CCC[C@@H]2C[C@@H]21. The van der Waals surface area contributed by atoms with E-state index in [1.807, 2.05) is 0 Å². The summed E-state index contributed by atoms with van der Waals surface area (Å²) in [6, 6.07) is 0.943. The van der Waals surface area contributed by atoms with E-state index in [1.165, 1.54) is 25.8 Å². The summed E-state index contributed by atoms with van der Waals surface area (Å²) < 4.78 is 5.07. The van der Waals surface area contributed by atoms with Gasteiger partial charge in [-0.2, -0.15) is 0 Å². The lowest BCUT2D eigenvalue weighted by molar-refractivity contribution is 0.129. The molecule has 2 rings (SSSR count). The van der Waals surface area contributed by atoms with Crippen LogP contribution in [0.25, 0.3) is 0 Å². The van der Waals surface area contributed by atoms with E-state index >= 15 is 0 Å². The Hall–Kier alpha value is -0.0800. The number of fused-ring (bicyclic) bond motifs is 1. The molecule has 1 heterocycles.